The first kappa shape index (κ1) is 13.1. The van der Waals surface area contributed by atoms with Gasteiger partial charge in [0, 0.05) is 13.1 Å². The number of sulfonamides is 1. The molecule has 0 aromatic carbocycles. The fourth-order valence-electron chi connectivity index (χ4n) is 1.36. The largest absolute Gasteiger partial charge is 0.477 e. The standard InChI is InChI=1S/C9H13NO4S2/c1-3-10(4-2)16(13,14)7-5-6-15-8(7)9(11)12/h5-6H,3-4H2,1-2H3,(H,11,12). The van der Waals surface area contributed by atoms with E-state index in [4.69, 9.17) is 5.11 Å². The van der Waals surface area contributed by atoms with Crippen LogP contribution in [-0.4, -0.2) is 36.9 Å². The Hall–Kier alpha value is -0.920. The van der Waals surface area contributed by atoms with Crippen molar-refractivity contribution in [1.82, 2.24) is 4.31 Å². The number of aromatic carboxylic acids is 1. The zero-order valence-corrected chi connectivity index (χ0v) is 10.6. The van der Waals surface area contributed by atoms with E-state index in [0.717, 1.165) is 11.3 Å². The molecular formula is C9H13NO4S2. The van der Waals surface area contributed by atoms with Crippen LogP contribution in [0, 0.1) is 0 Å². The summed E-state index contributed by atoms with van der Waals surface area (Å²) >= 11 is 0.918. The van der Waals surface area contributed by atoms with Crippen molar-refractivity contribution in [3.05, 3.63) is 16.3 Å². The van der Waals surface area contributed by atoms with Crippen molar-refractivity contribution >= 4 is 27.3 Å². The molecule has 0 radical (unpaired) electrons. The van der Waals surface area contributed by atoms with Crippen LogP contribution in [-0.2, 0) is 10.0 Å². The summed E-state index contributed by atoms with van der Waals surface area (Å²) in [5, 5.41) is 10.3. The van der Waals surface area contributed by atoms with Crippen molar-refractivity contribution in [2.75, 3.05) is 13.1 Å². The number of nitrogens with zero attached hydrogens (tertiary/aromatic N) is 1. The van der Waals surface area contributed by atoms with E-state index in [1.54, 1.807) is 13.8 Å². The molecule has 0 unspecified atom stereocenters. The van der Waals surface area contributed by atoms with Crippen molar-refractivity contribution in [1.29, 1.82) is 0 Å². The molecule has 7 heteroatoms. The van der Waals surface area contributed by atoms with Crippen LogP contribution in [0.5, 0.6) is 0 Å². The van der Waals surface area contributed by atoms with Gasteiger partial charge in [0.05, 0.1) is 0 Å². The number of carboxylic acid groups (broad SMARTS) is 1. The minimum Gasteiger partial charge on any atom is -0.477 e. The second-order valence-corrected chi connectivity index (χ2v) is 5.83. The maximum atomic E-state index is 12.1. The SMILES string of the molecule is CCN(CC)S(=O)(=O)c1ccsc1C(=O)O. The van der Waals surface area contributed by atoms with Crippen LogP contribution in [0.3, 0.4) is 0 Å². The minimum atomic E-state index is -3.67. The quantitative estimate of drug-likeness (QED) is 0.873. The molecule has 0 fully saturated rings. The van der Waals surface area contributed by atoms with Crippen molar-refractivity contribution in [2.45, 2.75) is 18.7 Å². The lowest BCUT2D eigenvalue weighted by atomic mass is 10.5. The third kappa shape index (κ3) is 2.26. The van der Waals surface area contributed by atoms with Crippen molar-refractivity contribution in [3.63, 3.8) is 0 Å². The highest BCUT2D eigenvalue weighted by Gasteiger charge is 2.28. The fraction of sp³-hybridized carbons (Fsp3) is 0.444. The van der Waals surface area contributed by atoms with Crippen LogP contribution in [0.4, 0.5) is 0 Å². The summed E-state index contributed by atoms with van der Waals surface area (Å²) in [5.41, 5.74) is 0. The van der Waals surface area contributed by atoms with Crippen LogP contribution in [0.2, 0.25) is 0 Å². The van der Waals surface area contributed by atoms with Crippen molar-refractivity contribution in [3.8, 4) is 0 Å². The summed E-state index contributed by atoms with van der Waals surface area (Å²) in [6, 6.07) is 1.34. The number of thiophene rings is 1. The topological polar surface area (TPSA) is 74.7 Å². The first-order valence-electron chi connectivity index (χ1n) is 4.76. The molecule has 5 nitrogen and oxygen atoms in total. The van der Waals surface area contributed by atoms with Gasteiger partial charge < -0.3 is 5.11 Å². The summed E-state index contributed by atoms with van der Waals surface area (Å²) < 4.78 is 25.3. The third-order valence-corrected chi connectivity index (χ3v) is 5.27. The lowest BCUT2D eigenvalue weighted by Gasteiger charge is -2.17. The zero-order valence-electron chi connectivity index (χ0n) is 9.00. The molecule has 0 spiro atoms. The second kappa shape index (κ2) is 4.94. The van der Waals surface area contributed by atoms with E-state index in [-0.39, 0.29) is 9.77 Å². The highest BCUT2D eigenvalue weighted by molar-refractivity contribution is 7.89. The molecule has 0 aliphatic heterocycles. The molecule has 0 atom stereocenters. The van der Waals surface area contributed by atoms with E-state index in [9.17, 15) is 13.2 Å². The maximum Gasteiger partial charge on any atom is 0.347 e. The first-order chi connectivity index (χ1) is 7.45. The molecule has 0 bridgehead atoms. The van der Waals surface area contributed by atoms with Gasteiger partial charge in [0.1, 0.15) is 9.77 Å². The lowest BCUT2D eigenvalue weighted by molar-refractivity contribution is 0.0698. The van der Waals surface area contributed by atoms with Crippen LogP contribution >= 0.6 is 11.3 Å². The van der Waals surface area contributed by atoms with Gasteiger partial charge in [-0.15, -0.1) is 11.3 Å². The average molecular weight is 263 g/mol. The molecule has 90 valence electrons. The van der Waals surface area contributed by atoms with Crippen molar-refractivity contribution in [2.24, 2.45) is 0 Å². The molecule has 0 aliphatic carbocycles. The van der Waals surface area contributed by atoms with Gasteiger partial charge in [-0.25, -0.2) is 13.2 Å². The molecule has 1 aromatic heterocycles. The summed E-state index contributed by atoms with van der Waals surface area (Å²) in [4.78, 5) is 10.6. The summed E-state index contributed by atoms with van der Waals surface area (Å²) in [6.07, 6.45) is 0. The Morgan fingerprint density at radius 3 is 2.44 bits per heavy atom. The normalized spacial score (nSPS) is 11.9. The van der Waals surface area contributed by atoms with E-state index in [1.807, 2.05) is 0 Å². The smallest absolute Gasteiger partial charge is 0.347 e. The molecule has 0 aliphatic rings. The summed E-state index contributed by atoms with van der Waals surface area (Å²) in [7, 11) is -3.67. The molecule has 0 amide bonds. The molecule has 0 saturated carbocycles. The second-order valence-electron chi connectivity index (χ2n) is 3.01. The van der Waals surface area contributed by atoms with Gasteiger partial charge in [0.15, 0.2) is 0 Å². The molecule has 1 rings (SSSR count). The Morgan fingerprint density at radius 2 is 2.00 bits per heavy atom. The monoisotopic (exact) mass is 263 g/mol. The van der Waals surface area contributed by atoms with E-state index >= 15 is 0 Å². The van der Waals surface area contributed by atoms with E-state index < -0.39 is 16.0 Å². The predicted octanol–water partition coefficient (Wildman–Crippen LogP) is 1.48. The highest BCUT2D eigenvalue weighted by atomic mass is 32.2. The number of carbonyl (C=O) groups is 1. The Bertz CT molecular complexity index is 473. The molecular weight excluding hydrogens is 250 g/mol. The van der Waals surface area contributed by atoms with Gasteiger partial charge in [-0.3, -0.25) is 0 Å². The summed E-state index contributed by atoms with van der Waals surface area (Å²) in [5.74, 6) is -1.21. The summed E-state index contributed by atoms with van der Waals surface area (Å²) in [6.45, 7) is 4.09. The molecule has 1 heterocycles. The Labute approximate surface area is 98.4 Å². The molecule has 1 N–H and O–H groups in total. The van der Waals surface area contributed by atoms with E-state index in [2.05, 4.69) is 0 Å². The first-order valence-corrected chi connectivity index (χ1v) is 7.08. The van der Waals surface area contributed by atoms with Gasteiger partial charge >= 0.3 is 5.97 Å². The van der Waals surface area contributed by atoms with Gasteiger partial charge in [0.25, 0.3) is 0 Å². The predicted molar refractivity (Wildman–Crippen MR) is 61.4 cm³/mol. The number of hydrogen-bond donors (Lipinski definition) is 1. The van der Waals surface area contributed by atoms with E-state index in [1.165, 1.54) is 15.8 Å². The number of carboxylic acids is 1. The van der Waals surface area contributed by atoms with Crippen LogP contribution in [0.15, 0.2) is 16.3 Å². The zero-order chi connectivity index (χ0) is 12.3. The Kier molecular flexibility index (Phi) is 4.06. The number of rotatable bonds is 5. The fourth-order valence-corrected chi connectivity index (χ4v) is 4.05. The van der Waals surface area contributed by atoms with Crippen LogP contribution in [0.1, 0.15) is 23.5 Å². The molecule has 0 saturated heterocycles. The third-order valence-electron chi connectivity index (χ3n) is 2.15. The highest BCUT2D eigenvalue weighted by Crippen LogP contribution is 2.24. The molecule has 1 aromatic rings. The van der Waals surface area contributed by atoms with Crippen LogP contribution in [0.25, 0.3) is 0 Å². The van der Waals surface area contributed by atoms with Crippen molar-refractivity contribution < 1.29 is 18.3 Å². The maximum absolute atomic E-state index is 12.1. The molecule has 16 heavy (non-hydrogen) atoms. The Balaban J connectivity index is 3.27. The van der Waals surface area contributed by atoms with Gasteiger partial charge in [-0.1, -0.05) is 13.8 Å². The lowest BCUT2D eigenvalue weighted by Crippen LogP contribution is -2.31. The van der Waals surface area contributed by atoms with Gasteiger partial charge in [0.2, 0.25) is 10.0 Å². The van der Waals surface area contributed by atoms with E-state index in [0.29, 0.717) is 13.1 Å². The average Bonchev–Trinajstić information content (AvgIpc) is 2.67. The minimum absolute atomic E-state index is 0.117. The van der Waals surface area contributed by atoms with Gasteiger partial charge in [-0.05, 0) is 11.4 Å². The van der Waals surface area contributed by atoms with Crippen LogP contribution < -0.4 is 0 Å². The number of hydrogen-bond acceptors (Lipinski definition) is 4. The Morgan fingerprint density at radius 1 is 1.44 bits per heavy atom. The van der Waals surface area contributed by atoms with Gasteiger partial charge in [-0.2, -0.15) is 4.31 Å².